The van der Waals surface area contributed by atoms with Crippen LogP contribution in [0.2, 0.25) is 0 Å². The predicted molar refractivity (Wildman–Crippen MR) is 51.3 cm³/mol. The molecule has 2 aromatic heterocycles. The van der Waals surface area contributed by atoms with Crippen LogP contribution in [0.1, 0.15) is 19.5 Å². The van der Waals surface area contributed by atoms with Crippen molar-refractivity contribution in [3.05, 3.63) is 24.3 Å². The largest absolute Gasteiger partial charge is 0.335 e. The summed E-state index contributed by atoms with van der Waals surface area (Å²) < 4.78 is 0. The van der Waals surface area contributed by atoms with Gasteiger partial charge in [-0.1, -0.05) is 13.8 Å². The first-order valence-electron chi connectivity index (χ1n) is 4.47. The monoisotopic (exact) mass is 174 g/mol. The maximum absolute atomic E-state index is 4.32. The third-order valence-corrected chi connectivity index (χ3v) is 1.96. The van der Waals surface area contributed by atoms with Crippen LogP contribution < -0.4 is 0 Å². The minimum atomic E-state index is 0.606. The Morgan fingerprint density at radius 1 is 1.54 bits per heavy atom. The van der Waals surface area contributed by atoms with Gasteiger partial charge in [0.15, 0.2) is 6.33 Å². The summed E-state index contributed by atoms with van der Waals surface area (Å²) in [6, 6.07) is 1.92. The Labute approximate surface area is 77.2 Å². The molecule has 0 aliphatic rings. The van der Waals surface area contributed by atoms with Gasteiger partial charge in [-0.2, -0.15) is 0 Å². The third-order valence-electron chi connectivity index (χ3n) is 1.96. The lowest BCUT2D eigenvalue weighted by Crippen LogP contribution is -1.97. The normalized spacial score (nSPS) is 11.3. The van der Waals surface area contributed by atoms with Gasteiger partial charge >= 0.3 is 0 Å². The van der Waals surface area contributed by atoms with E-state index in [0.717, 1.165) is 23.1 Å². The smallest absolute Gasteiger partial charge is 0.174 e. The molecule has 2 aromatic rings. The standard InChI is InChI=1S/C10H12N3/c1-7(2)5-9-10-8(3-4-11-9)12-6-13-10/h3-4,7H,5H2,1-2H3,(H,12,13). The van der Waals surface area contributed by atoms with Crippen molar-refractivity contribution in [3.63, 3.8) is 0 Å². The van der Waals surface area contributed by atoms with E-state index in [0.29, 0.717) is 5.92 Å². The zero-order valence-corrected chi connectivity index (χ0v) is 7.83. The molecule has 0 amide bonds. The quantitative estimate of drug-likeness (QED) is 0.756. The van der Waals surface area contributed by atoms with Gasteiger partial charge in [0, 0.05) is 6.20 Å². The van der Waals surface area contributed by atoms with Gasteiger partial charge < -0.3 is 4.98 Å². The molecule has 0 spiro atoms. The average Bonchev–Trinajstić information content (AvgIpc) is 2.51. The second-order valence-corrected chi connectivity index (χ2v) is 3.60. The van der Waals surface area contributed by atoms with E-state index in [2.05, 4.69) is 35.1 Å². The minimum Gasteiger partial charge on any atom is -0.335 e. The van der Waals surface area contributed by atoms with E-state index >= 15 is 0 Å². The molecule has 3 heteroatoms. The summed E-state index contributed by atoms with van der Waals surface area (Å²) in [5, 5.41) is 0. The number of hydrogen-bond acceptors (Lipinski definition) is 2. The Morgan fingerprint density at radius 2 is 2.38 bits per heavy atom. The minimum absolute atomic E-state index is 0.606. The van der Waals surface area contributed by atoms with Gasteiger partial charge in [-0.15, -0.1) is 0 Å². The number of imidazole rings is 1. The van der Waals surface area contributed by atoms with E-state index in [9.17, 15) is 0 Å². The number of H-pyrrole nitrogens is 1. The molecule has 1 radical (unpaired) electrons. The second kappa shape index (κ2) is 3.17. The maximum atomic E-state index is 4.32. The van der Waals surface area contributed by atoms with Crippen LogP contribution in [0.25, 0.3) is 11.0 Å². The Bertz CT molecular complexity index is 403. The highest BCUT2D eigenvalue weighted by Gasteiger charge is 2.06. The van der Waals surface area contributed by atoms with Crippen molar-refractivity contribution in [1.82, 2.24) is 15.0 Å². The molecule has 0 unspecified atom stereocenters. The average molecular weight is 174 g/mol. The van der Waals surface area contributed by atoms with Gasteiger partial charge in [0.2, 0.25) is 0 Å². The van der Waals surface area contributed by atoms with Crippen LogP contribution in [0, 0.1) is 12.2 Å². The molecule has 0 aromatic carbocycles. The fourth-order valence-electron chi connectivity index (χ4n) is 1.40. The zero-order chi connectivity index (χ0) is 9.26. The van der Waals surface area contributed by atoms with Crippen molar-refractivity contribution < 1.29 is 0 Å². The van der Waals surface area contributed by atoms with Crippen molar-refractivity contribution in [3.8, 4) is 0 Å². The second-order valence-electron chi connectivity index (χ2n) is 3.60. The molecule has 67 valence electrons. The lowest BCUT2D eigenvalue weighted by Gasteiger charge is -2.03. The molecule has 0 aliphatic carbocycles. The summed E-state index contributed by atoms with van der Waals surface area (Å²) in [4.78, 5) is 11.4. The number of nitrogens with zero attached hydrogens (tertiary/aromatic N) is 2. The van der Waals surface area contributed by atoms with E-state index in [4.69, 9.17) is 0 Å². The van der Waals surface area contributed by atoms with Gasteiger partial charge in [-0.25, -0.2) is 4.98 Å². The fourth-order valence-corrected chi connectivity index (χ4v) is 1.40. The van der Waals surface area contributed by atoms with Crippen LogP contribution in [0.15, 0.2) is 12.3 Å². The van der Waals surface area contributed by atoms with Gasteiger partial charge in [-0.3, -0.25) is 4.98 Å². The van der Waals surface area contributed by atoms with Crippen LogP contribution in [-0.4, -0.2) is 15.0 Å². The van der Waals surface area contributed by atoms with Crippen molar-refractivity contribution in [2.24, 2.45) is 5.92 Å². The van der Waals surface area contributed by atoms with Gasteiger partial charge in [0.05, 0.1) is 11.2 Å². The highest BCUT2D eigenvalue weighted by atomic mass is 14.9. The molecule has 13 heavy (non-hydrogen) atoms. The van der Waals surface area contributed by atoms with Crippen molar-refractivity contribution in [2.75, 3.05) is 0 Å². The molecular formula is C10H12N3. The van der Waals surface area contributed by atoms with E-state index in [1.807, 2.05) is 12.3 Å². The number of fused-ring (bicyclic) bond motifs is 1. The Kier molecular flexibility index (Phi) is 2.00. The van der Waals surface area contributed by atoms with E-state index < -0.39 is 0 Å². The number of rotatable bonds is 2. The predicted octanol–water partition coefficient (Wildman–Crippen LogP) is 1.96. The zero-order valence-electron chi connectivity index (χ0n) is 7.83. The number of aromatic amines is 1. The molecule has 3 nitrogen and oxygen atoms in total. The van der Waals surface area contributed by atoms with Crippen LogP contribution >= 0.6 is 0 Å². The van der Waals surface area contributed by atoms with Crippen LogP contribution in [0.4, 0.5) is 0 Å². The number of nitrogens with one attached hydrogen (secondary N) is 1. The van der Waals surface area contributed by atoms with Gasteiger partial charge in [0.1, 0.15) is 5.52 Å². The van der Waals surface area contributed by atoms with E-state index in [-0.39, 0.29) is 0 Å². The molecule has 0 fully saturated rings. The summed E-state index contributed by atoms with van der Waals surface area (Å²) in [6.07, 6.45) is 5.52. The van der Waals surface area contributed by atoms with E-state index in [1.54, 1.807) is 0 Å². The van der Waals surface area contributed by atoms with E-state index in [1.165, 1.54) is 0 Å². The molecule has 2 heterocycles. The van der Waals surface area contributed by atoms with Crippen LogP contribution in [-0.2, 0) is 6.42 Å². The first kappa shape index (κ1) is 8.23. The van der Waals surface area contributed by atoms with Gasteiger partial charge in [-0.05, 0) is 18.4 Å². The Morgan fingerprint density at radius 3 is 3.15 bits per heavy atom. The lowest BCUT2D eigenvalue weighted by atomic mass is 10.1. The Hall–Kier alpha value is -1.38. The topological polar surface area (TPSA) is 41.6 Å². The molecule has 0 saturated heterocycles. The van der Waals surface area contributed by atoms with Gasteiger partial charge in [0.25, 0.3) is 0 Å². The van der Waals surface area contributed by atoms with Crippen molar-refractivity contribution in [1.29, 1.82) is 0 Å². The van der Waals surface area contributed by atoms with Crippen LogP contribution in [0.5, 0.6) is 0 Å². The highest BCUT2D eigenvalue weighted by molar-refractivity contribution is 5.76. The summed E-state index contributed by atoms with van der Waals surface area (Å²) in [6.45, 7) is 4.35. The lowest BCUT2D eigenvalue weighted by molar-refractivity contribution is 0.638. The van der Waals surface area contributed by atoms with Crippen molar-refractivity contribution in [2.45, 2.75) is 20.3 Å². The summed E-state index contributed by atoms with van der Waals surface area (Å²) in [7, 11) is 0. The Balaban J connectivity index is 2.48. The molecule has 0 aliphatic heterocycles. The SMILES string of the molecule is CC(C)Cc1nccc2[nH][c]nc12. The first-order chi connectivity index (χ1) is 6.27. The van der Waals surface area contributed by atoms with Crippen LogP contribution in [0.3, 0.4) is 0 Å². The summed E-state index contributed by atoms with van der Waals surface area (Å²) in [5.41, 5.74) is 3.03. The summed E-state index contributed by atoms with van der Waals surface area (Å²) in [5.74, 6) is 0.606. The number of aromatic nitrogens is 3. The highest BCUT2D eigenvalue weighted by Crippen LogP contribution is 2.14. The molecule has 0 saturated carbocycles. The number of pyridine rings is 1. The third kappa shape index (κ3) is 1.54. The molecule has 0 bridgehead atoms. The first-order valence-corrected chi connectivity index (χ1v) is 4.47. The molecule has 0 atom stereocenters. The fraction of sp³-hybridized carbons (Fsp3) is 0.400. The molecular weight excluding hydrogens is 162 g/mol. The maximum Gasteiger partial charge on any atom is 0.174 e. The number of hydrogen-bond donors (Lipinski definition) is 1. The molecule has 1 N–H and O–H groups in total. The molecule has 2 rings (SSSR count). The summed E-state index contributed by atoms with van der Waals surface area (Å²) >= 11 is 0. The van der Waals surface area contributed by atoms with Crippen molar-refractivity contribution >= 4 is 11.0 Å².